The molecule has 5 rings (SSSR count). The van der Waals surface area contributed by atoms with Crippen molar-refractivity contribution in [3.63, 3.8) is 0 Å². The largest absolute Gasteiger partial charge is 0.444 e. The van der Waals surface area contributed by atoms with E-state index in [9.17, 15) is 0 Å². The van der Waals surface area contributed by atoms with Crippen LogP contribution in [0, 0.1) is 20.8 Å². The second-order valence-electron chi connectivity index (χ2n) is 8.89. The van der Waals surface area contributed by atoms with Gasteiger partial charge >= 0.3 is 0 Å². The van der Waals surface area contributed by atoms with Crippen LogP contribution in [0.1, 0.15) is 28.3 Å². The Morgan fingerprint density at radius 3 is 2.24 bits per heavy atom. The first-order chi connectivity index (χ1) is 16.0. The summed E-state index contributed by atoms with van der Waals surface area (Å²) >= 11 is 0. The van der Waals surface area contributed by atoms with E-state index in [1.807, 2.05) is 12.1 Å². The molecule has 1 aliphatic rings. The molecule has 33 heavy (non-hydrogen) atoms. The van der Waals surface area contributed by atoms with Crippen molar-refractivity contribution in [2.75, 3.05) is 26.2 Å². The Labute approximate surface area is 194 Å². The Morgan fingerprint density at radius 2 is 1.52 bits per heavy atom. The van der Waals surface area contributed by atoms with Crippen molar-refractivity contribution in [3.8, 4) is 22.8 Å². The SMILES string of the molecule is Cc1ccc(-c2noc(CN3CCN(Cc4coc(-c5ccc(C)cc5C)n4)CC3)n2)cc1. The Bertz CT molecular complexity index is 1220. The van der Waals surface area contributed by atoms with Gasteiger partial charge in [0, 0.05) is 43.9 Å². The van der Waals surface area contributed by atoms with Gasteiger partial charge in [0.1, 0.15) is 6.26 Å². The summed E-state index contributed by atoms with van der Waals surface area (Å²) in [5, 5.41) is 4.15. The highest BCUT2D eigenvalue weighted by molar-refractivity contribution is 5.59. The van der Waals surface area contributed by atoms with Gasteiger partial charge in [0.05, 0.1) is 12.2 Å². The number of oxazole rings is 1. The van der Waals surface area contributed by atoms with Crippen LogP contribution in [-0.2, 0) is 13.1 Å². The van der Waals surface area contributed by atoms with Crippen LogP contribution in [0.5, 0.6) is 0 Å². The topological polar surface area (TPSA) is 71.4 Å². The molecule has 0 bridgehead atoms. The highest BCUT2D eigenvalue weighted by Crippen LogP contribution is 2.24. The van der Waals surface area contributed by atoms with E-state index in [4.69, 9.17) is 13.9 Å². The fourth-order valence-electron chi connectivity index (χ4n) is 4.22. The first-order valence-corrected chi connectivity index (χ1v) is 11.4. The molecule has 7 nitrogen and oxygen atoms in total. The molecule has 0 atom stereocenters. The van der Waals surface area contributed by atoms with Gasteiger partial charge in [-0.25, -0.2) is 4.98 Å². The zero-order valence-electron chi connectivity index (χ0n) is 19.4. The van der Waals surface area contributed by atoms with E-state index >= 15 is 0 Å². The van der Waals surface area contributed by atoms with Crippen LogP contribution in [0.4, 0.5) is 0 Å². The number of benzene rings is 2. The van der Waals surface area contributed by atoms with Crippen molar-refractivity contribution < 1.29 is 8.94 Å². The lowest BCUT2D eigenvalue weighted by Crippen LogP contribution is -2.45. The molecule has 1 fully saturated rings. The average molecular weight is 444 g/mol. The summed E-state index contributed by atoms with van der Waals surface area (Å²) < 4.78 is 11.3. The molecule has 0 radical (unpaired) electrons. The number of hydrogen-bond acceptors (Lipinski definition) is 7. The summed E-state index contributed by atoms with van der Waals surface area (Å²) in [5.74, 6) is 2.00. The van der Waals surface area contributed by atoms with Crippen molar-refractivity contribution in [1.29, 1.82) is 0 Å². The summed E-state index contributed by atoms with van der Waals surface area (Å²) in [6.07, 6.45) is 1.78. The molecule has 2 aromatic carbocycles. The maximum Gasteiger partial charge on any atom is 0.241 e. The number of aryl methyl sites for hydroxylation is 3. The van der Waals surface area contributed by atoms with E-state index in [1.54, 1.807) is 6.26 Å². The molecule has 0 saturated carbocycles. The Kier molecular flexibility index (Phi) is 6.07. The van der Waals surface area contributed by atoms with E-state index < -0.39 is 0 Å². The molecule has 0 spiro atoms. The van der Waals surface area contributed by atoms with Crippen LogP contribution in [0.3, 0.4) is 0 Å². The van der Waals surface area contributed by atoms with Crippen molar-refractivity contribution >= 4 is 0 Å². The lowest BCUT2D eigenvalue weighted by atomic mass is 10.1. The number of piperazine rings is 1. The van der Waals surface area contributed by atoms with Crippen LogP contribution in [0.25, 0.3) is 22.8 Å². The van der Waals surface area contributed by atoms with Gasteiger partial charge in [0.15, 0.2) is 0 Å². The summed E-state index contributed by atoms with van der Waals surface area (Å²) in [6.45, 7) is 11.5. The van der Waals surface area contributed by atoms with E-state index in [0.29, 0.717) is 24.2 Å². The fourth-order valence-corrected chi connectivity index (χ4v) is 4.22. The summed E-state index contributed by atoms with van der Waals surface area (Å²) in [7, 11) is 0. The third kappa shape index (κ3) is 5.05. The first-order valence-electron chi connectivity index (χ1n) is 11.4. The van der Waals surface area contributed by atoms with Crippen molar-refractivity contribution in [1.82, 2.24) is 24.9 Å². The van der Waals surface area contributed by atoms with Crippen LogP contribution in [-0.4, -0.2) is 51.1 Å². The number of rotatable bonds is 6. The number of aromatic nitrogens is 3. The van der Waals surface area contributed by atoms with E-state index in [0.717, 1.165) is 49.5 Å². The standard InChI is InChI=1S/C26H29N5O2/c1-18-4-7-21(8-5-18)25-28-24(33-29-25)16-31-12-10-30(11-13-31)15-22-17-32-26(27-22)23-9-6-19(2)14-20(23)3/h4-9,14,17H,10-13,15-16H2,1-3H3. The molecule has 7 heteroatoms. The van der Waals surface area contributed by atoms with E-state index in [1.165, 1.54) is 16.7 Å². The van der Waals surface area contributed by atoms with Gasteiger partial charge in [-0.05, 0) is 32.4 Å². The lowest BCUT2D eigenvalue weighted by molar-refractivity contribution is 0.111. The van der Waals surface area contributed by atoms with Gasteiger partial charge < -0.3 is 8.94 Å². The van der Waals surface area contributed by atoms with E-state index in [-0.39, 0.29) is 0 Å². The molecule has 0 unspecified atom stereocenters. The molecule has 1 aliphatic heterocycles. The molecule has 4 aromatic rings. The highest BCUT2D eigenvalue weighted by atomic mass is 16.5. The molecule has 1 saturated heterocycles. The molecule has 0 N–H and O–H groups in total. The molecular formula is C26H29N5O2. The minimum atomic E-state index is 0.647. The zero-order chi connectivity index (χ0) is 22.8. The minimum absolute atomic E-state index is 0.647. The van der Waals surface area contributed by atoms with Gasteiger partial charge in [-0.15, -0.1) is 0 Å². The van der Waals surface area contributed by atoms with E-state index in [2.05, 4.69) is 71.0 Å². The molecule has 2 aromatic heterocycles. The maximum absolute atomic E-state index is 5.78. The van der Waals surface area contributed by atoms with Crippen molar-refractivity contribution in [2.24, 2.45) is 0 Å². The van der Waals surface area contributed by atoms with Crippen molar-refractivity contribution in [2.45, 2.75) is 33.9 Å². The average Bonchev–Trinajstić information content (AvgIpc) is 3.46. The van der Waals surface area contributed by atoms with Crippen LogP contribution < -0.4 is 0 Å². The van der Waals surface area contributed by atoms with Crippen LogP contribution in [0.15, 0.2) is 57.7 Å². The predicted molar refractivity (Wildman–Crippen MR) is 126 cm³/mol. The number of hydrogen-bond donors (Lipinski definition) is 0. The fraction of sp³-hybridized carbons (Fsp3) is 0.346. The zero-order valence-corrected chi connectivity index (χ0v) is 19.4. The third-order valence-corrected chi connectivity index (χ3v) is 6.15. The van der Waals surface area contributed by atoms with Crippen LogP contribution in [0.2, 0.25) is 0 Å². The van der Waals surface area contributed by atoms with Crippen LogP contribution >= 0.6 is 0 Å². The third-order valence-electron chi connectivity index (χ3n) is 6.15. The van der Waals surface area contributed by atoms with Gasteiger partial charge in [0.25, 0.3) is 0 Å². The molecule has 0 aliphatic carbocycles. The molecule has 3 heterocycles. The quantitative estimate of drug-likeness (QED) is 0.430. The molecule has 170 valence electrons. The first kappa shape index (κ1) is 21.6. The number of nitrogens with zero attached hydrogens (tertiary/aromatic N) is 5. The second-order valence-corrected chi connectivity index (χ2v) is 8.89. The van der Waals surface area contributed by atoms with Gasteiger partial charge in [-0.3, -0.25) is 9.80 Å². The Morgan fingerprint density at radius 1 is 0.818 bits per heavy atom. The monoisotopic (exact) mass is 443 g/mol. The predicted octanol–water partition coefficient (Wildman–Crippen LogP) is 4.63. The maximum atomic E-state index is 5.78. The summed E-state index contributed by atoms with van der Waals surface area (Å²) in [4.78, 5) is 14.1. The van der Waals surface area contributed by atoms with Crippen molar-refractivity contribution in [3.05, 3.63) is 77.0 Å². The molecular weight excluding hydrogens is 414 g/mol. The van der Waals surface area contributed by atoms with Gasteiger partial charge in [0.2, 0.25) is 17.6 Å². The lowest BCUT2D eigenvalue weighted by Gasteiger charge is -2.33. The molecule has 0 amide bonds. The second kappa shape index (κ2) is 9.29. The summed E-state index contributed by atoms with van der Waals surface area (Å²) in [6, 6.07) is 14.5. The normalized spacial score (nSPS) is 15.2. The van der Waals surface area contributed by atoms with Gasteiger partial charge in [-0.1, -0.05) is 52.7 Å². The highest BCUT2D eigenvalue weighted by Gasteiger charge is 2.21. The summed E-state index contributed by atoms with van der Waals surface area (Å²) in [5.41, 5.74) is 6.65. The van der Waals surface area contributed by atoms with Gasteiger partial charge in [-0.2, -0.15) is 4.98 Å². The minimum Gasteiger partial charge on any atom is -0.444 e. The Balaban J connectivity index is 1.14. The Hall–Kier alpha value is -3.29. The smallest absolute Gasteiger partial charge is 0.241 e.